The summed E-state index contributed by atoms with van der Waals surface area (Å²) in [7, 11) is 0. The van der Waals surface area contributed by atoms with E-state index in [1.807, 2.05) is 12.4 Å². The van der Waals surface area contributed by atoms with Crippen LogP contribution in [0, 0.1) is 0 Å². The topological polar surface area (TPSA) is 84.0 Å². The summed E-state index contributed by atoms with van der Waals surface area (Å²) in [5, 5.41) is 22.9. The lowest BCUT2D eigenvalue weighted by molar-refractivity contribution is 0.242. The number of phenolic OH excluding ortho intramolecular Hbond substituents is 2. The van der Waals surface area contributed by atoms with Crippen molar-refractivity contribution in [3.05, 3.63) is 57.6 Å². The van der Waals surface area contributed by atoms with Crippen molar-refractivity contribution in [2.75, 3.05) is 32.7 Å². The number of fused-ring (bicyclic) bond motifs is 1. The van der Waals surface area contributed by atoms with Crippen LogP contribution >= 0.6 is 0 Å². The molecule has 0 radical (unpaired) electrons. The van der Waals surface area contributed by atoms with Crippen molar-refractivity contribution in [3.63, 3.8) is 0 Å². The number of nitrogens with zero attached hydrogens (tertiary/aromatic N) is 5. The number of phenols is 2. The smallest absolute Gasteiger partial charge is 0.196 e. The van der Waals surface area contributed by atoms with Crippen LogP contribution in [0.1, 0.15) is 141 Å². The second-order valence-corrected chi connectivity index (χ2v) is 17.7. The summed E-state index contributed by atoms with van der Waals surface area (Å²) < 4.78 is 0. The van der Waals surface area contributed by atoms with Gasteiger partial charge in [-0.15, -0.1) is 0 Å². The first-order valence-electron chi connectivity index (χ1n) is 18.9. The molecule has 0 amide bonds. The number of guanidine groups is 1. The molecule has 3 aliphatic rings. The molecular weight excluding hydrogens is 606 g/mol. The highest BCUT2D eigenvalue weighted by molar-refractivity contribution is 5.86. The van der Waals surface area contributed by atoms with Gasteiger partial charge in [0.05, 0.1) is 12.1 Å². The maximum absolute atomic E-state index is 11.6. The van der Waals surface area contributed by atoms with Gasteiger partial charge < -0.3 is 20.0 Å². The highest BCUT2D eigenvalue weighted by Gasteiger charge is 2.28. The van der Waals surface area contributed by atoms with Crippen LogP contribution in [0.25, 0.3) is 0 Å². The first kappa shape index (κ1) is 36.9. The van der Waals surface area contributed by atoms with Crippen LogP contribution in [0.5, 0.6) is 11.5 Å². The van der Waals surface area contributed by atoms with Crippen molar-refractivity contribution in [2.45, 2.75) is 142 Å². The molecule has 1 saturated heterocycles. The molecule has 2 N–H and O–H groups in total. The van der Waals surface area contributed by atoms with E-state index < -0.39 is 0 Å². The van der Waals surface area contributed by atoms with E-state index in [9.17, 15) is 10.2 Å². The van der Waals surface area contributed by atoms with Crippen molar-refractivity contribution in [2.24, 2.45) is 15.0 Å². The normalized spacial score (nSPS) is 21.0. The van der Waals surface area contributed by atoms with E-state index in [-0.39, 0.29) is 28.3 Å². The molecule has 0 bridgehead atoms. The van der Waals surface area contributed by atoms with Crippen LogP contribution < -0.4 is 0 Å². The van der Waals surface area contributed by atoms with E-state index in [4.69, 9.17) is 15.0 Å². The highest BCUT2D eigenvalue weighted by atomic mass is 16.3. The summed E-state index contributed by atoms with van der Waals surface area (Å²) in [6.45, 7) is 24.9. The lowest BCUT2D eigenvalue weighted by Gasteiger charge is -2.41. The van der Waals surface area contributed by atoms with E-state index >= 15 is 0 Å². The van der Waals surface area contributed by atoms with Crippen LogP contribution in [0.2, 0.25) is 0 Å². The van der Waals surface area contributed by atoms with Gasteiger partial charge in [0.15, 0.2) is 5.96 Å². The second-order valence-electron chi connectivity index (χ2n) is 17.7. The third-order valence-electron chi connectivity index (χ3n) is 10.5. The van der Waals surface area contributed by atoms with E-state index in [0.717, 1.165) is 99.9 Å². The van der Waals surface area contributed by atoms with Crippen molar-refractivity contribution >= 4 is 18.4 Å². The van der Waals surface area contributed by atoms with Crippen molar-refractivity contribution in [3.8, 4) is 11.5 Å². The van der Waals surface area contributed by atoms with Gasteiger partial charge in [-0.25, -0.2) is 0 Å². The summed E-state index contributed by atoms with van der Waals surface area (Å²) in [6.07, 6.45) is 12.0. The highest BCUT2D eigenvalue weighted by Crippen LogP contribution is 2.38. The van der Waals surface area contributed by atoms with Crippen LogP contribution in [0.15, 0.2) is 39.2 Å². The fourth-order valence-corrected chi connectivity index (χ4v) is 7.37. The summed E-state index contributed by atoms with van der Waals surface area (Å²) >= 11 is 0. The average Bonchev–Trinajstić information content (AvgIpc) is 3.03. The zero-order chi connectivity index (χ0) is 35.6. The fraction of sp³-hybridized carbons (Fsp3) is 0.643. The van der Waals surface area contributed by atoms with Gasteiger partial charge in [0.1, 0.15) is 11.5 Å². The van der Waals surface area contributed by atoms with Crippen LogP contribution in [-0.4, -0.2) is 83.2 Å². The third kappa shape index (κ3) is 9.07. The zero-order valence-electron chi connectivity index (χ0n) is 31.9. The molecule has 5 rings (SSSR count). The number of aromatic hydroxyl groups is 2. The Hall–Kier alpha value is -3.35. The van der Waals surface area contributed by atoms with Gasteiger partial charge in [0, 0.05) is 61.8 Å². The van der Waals surface area contributed by atoms with Crippen molar-refractivity contribution in [1.82, 2.24) is 9.80 Å². The Morgan fingerprint density at radius 2 is 1.29 bits per heavy atom. The monoisotopic (exact) mass is 669 g/mol. The molecule has 268 valence electrons. The molecule has 49 heavy (non-hydrogen) atoms. The number of hydrogen-bond acceptors (Lipinski definition) is 7. The Morgan fingerprint density at radius 3 is 1.88 bits per heavy atom. The fourth-order valence-electron chi connectivity index (χ4n) is 7.37. The molecule has 7 heteroatoms. The third-order valence-corrected chi connectivity index (χ3v) is 10.5. The van der Waals surface area contributed by atoms with Gasteiger partial charge in [0.25, 0.3) is 0 Å². The summed E-state index contributed by atoms with van der Waals surface area (Å²) in [4.78, 5) is 19.9. The van der Waals surface area contributed by atoms with Crippen LogP contribution in [-0.2, 0) is 22.7 Å². The lowest BCUT2D eigenvalue weighted by atomic mass is 9.79. The maximum Gasteiger partial charge on any atom is 0.196 e. The number of aliphatic imine (C=N–C) groups is 3. The largest absolute Gasteiger partial charge is 0.507 e. The van der Waals surface area contributed by atoms with Gasteiger partial charge in [-0.2, -0.15) is 0 Å². The molecule has 7 nitrogen and oxygen atoms in total. The molecule has 2 fully saturated rings. The predicted molar refractivity (Wildman–Crippen MR) is 207 cm³/mol. The number of benzene rings is 2. The molecule has 0 aromatic heterocycles. The Bertz CT molecular complexity index is 1550. The molecule has 2 aliphatic heterocycles. The van der Waals surface area contributed by atoms with E-state index in [2.05, 4.69) is 96.4 Å². The molecule has 2 heterocycles. The Morgan fingerprint density at radius 1 is 0.714 bits per heavy atom. The minimum atomic E-state index is -0.188. The number of hydrogen-bond donors (Lipinski definition) is 2. The van der Waals surface area contributed by atoms with Gasteiger partial charge in [-0.05, 0) is 83.6 Å². The quantitative estimate of drug-likeness (QED) is 0.276. The Kier molecular flexibility index (Phi) is 11.2. The summed E-state index contributed by atoms with van der Waals surface area (Å²) in [5.74, 6) is 1.84. The first-order valence-corrected chi connectivity index (χ1v) is 18.9. The number of rotatable bonds is 8. The standard InChI is InChI=1S/C42H63N5O2/c1-40(2,3)32-23-29(15-12-19-46-21-14-22-47-20-13-18-43-39(46)47)37(48)30(24-32)27-44-35-16-10-11-17-36(35)45-28-31-25-33(41(4,5)6)26-34(38(31)49)42(7,8)9/h23-28,35-36,48-49H,10-22H2,1-9H3/t35-,36?/m0/s1. The van der Waals surface area contributed by atoms with E-state index in [0.29, 0.717) is 11.5 Å². The SMILES string of the molecule is CC(C)(C)c1cc(C=N[C@H]2CCCCC2N=Cc2cc(C(C)(C)C)cc(C(C)(C)C)c2O)c(O)c(CCCN2CCCN3CCCN=C32)c1. The van der Waals surface area contributed by atoms with E-state index in [1.165, 1.54) is 23.5 Å². The summed E-state index contributed by atoms with van der Waals surface area (Å²) in [5.41, 5.74) is 5.64. The zero-order valence-corrected chi connectivity index (χ0v) is 31.9. The van der Waals surface area contributed by atoms with Gasteiger partial charge >= 0.3 is 0 Å². The van der Waals surface area contributed by atoms with Crippen molar-refractivity contribution in [1.29, 1.82) is 0 Å². The summed E-state index contributed by atoms with van der Waals surface area (Å²) in [6, 6.07) is 8.62. The minimum Gasteiger partial charge on any atom is -0.507 e. The minimum absolute atomic E-state index is 0.0273. The molecular formula is C42H63N5O2. The number of aryl methyl sites for hydroxylation is 1. The van der Waals surface area contributed by atoms with Crippen molar-refractivity contribution < 1.29 is 10.2 Å². The molecule has 2 atom stereocenters. The second kappa shape index (κ2) is 14.9. The Labute approximate surface area is 296 Å². The molecule has 1 unspecified atom stereocenters. The van der Waals surface area contributed by atoms with Gasteiger partial charge in [-0.3, -0.25) is 15.0 Å². The average molecular weight is 670 g/mol. The van der Waals surface area contributed by atoms with Crippen LogP contribution in [0.3, 0.4) is 0 Å². The molecule has 2 aromatic carbocycles. The van der Waals surface area contributed by atoms with Gasteiger partial charge in [-0.1, -0.05) is 87.3 Å². The van der Waals surface area contributed by atoms with Gasteiger partial charge in [0.2, 0.25) is 0 Å². The van der Waals surface area contributed by atoms with E-state index in [1.54, 1.807) is 0 Å². The Balaban J connectivity index is 1.36. The predicted octanol–water partition coefficient (Wildman–Crippen LogP) is 8.54. The molecule has 0 spiro atoms. The lowest BCUT2D eigenvalue weighted by Crippen LogP contribution is -2.52. The molecule has 2 aromatic rings. The first-order chi connectivity index (χ1) is 23.0. The molecule has 1 aliphatic carbocycles. The molecule has 1 saturated carbocycles. The maximum atomic E-state index is 11.6. The van der Waals surface area contributed by atoms with Crippen LogP contribution in [0.4, 0.5) is 0 Å².